The third-order valence-electron chi connectivity index (χ3n) is 1.60. The van der Waals surface area contributed by atoms with Gasteiger partial charge < -0.3 is 5.11 Å². The lowest BCUT2D eigenvalue weighted by Crippen LogP contribution is -2.51. The van der Waals surface area contributed by atoms with Gasteiger partial charge in [-0.2, -0.15) is 26.0 Å². The Hall–Kier alpha value is -0.410. The van der Waals surface area contributed by atoms with Crippen LogP contribution in [0.2, 0.25) is 0 Å². The zero-order valence-electron chi connectivity index (χ0n) is 6.92. The highest BCUT2D eigenvalue weighted by Gasteiger charge is 2.67. The van der Waals surface area contributed by atoms with E-state index in [9.17, 15) is 26.0 Å². The van der Waals surface area contributed by atoms with Crippen LogP contribution in [0.5, 0.6) is 0 Å². The summed E-state index contributed by atoms with van der Waals surface area (Å²) in [5.41, 5.74) is 0. The van der Waals surface area contributed by atoms with Gasteiger partial charge in [-0.25, -0.2) is 0 Å². The van der Waals surface area contributed by atoms with Crippen molar-refractivity contribution in [2.75, 3.05) is 6.61 Å². The van der Waals surface area contributed by atoms with E-state index in [4.69, 9.17) is 9.66 Å². The number of aliphatic hydroxyl groups excluding tert-OH is 1. The van der Waals surface area contributed by atoms with Crippen LogP contribution in [0.15, 0.2) is 0 Å². The summed E-state index contributed by atoms with van der Waals surface area (Å²) in [6.45, 7) is -0.808. The Morgan fingerprint density at radius 1 is 1.29 bits per heavy atom. The molecule has 0 aliphatic rings. The van der Waals surface area contributed by atoms with E-state index in [2.05, 4.69) is 0 Å². The Morgan fingerprint density at radius 3 is 1.86 bits per heavy atom. The summed E-state index contributed by atoms with van der Waals surface area (Å²) >= 11 is 0. The Bertz CT molecular complexity index is 299. The first-order valence-electron chi connectivity index (χ1n) is 3.32. The van der Waals surface area contributed by atoms with E-state index in [0.29, 0.717) is 6.92 Å². The molecule has 1 atom stereocenters. The lowest BCUT2D eigenvalue weighted by Gasteiger charge is -2.27. The molecule has 0 aromatic rings. The minimum atomic E-state index is -6.21. The zero-order valence-corrected chi connectivity index (χ0v) is 7.73. The SMILES string of the molecule is CC(CO)C(F)(F)C(F)(F)S(=O)(=O)O. The molecule has 0 aliphatic carbocycles. The van der Waals surface area contributed by atoms with E-state index in [-0.39, 0.29) is 0 Å². The van der Waals surface area contributed by atoms with Crippen LogP contribution in [-0.2, 0) is 10.1 Å². The number of hydrogen-bond donors (Lipinski definition) is 2. The van der Waals surface area contributed by atoms with Crippen molar-refractivity contribution < 1.29 is 35.6 Å². The van der Waals surface area contributed by atoms with Crippen molar-refractivity contribution in [3.63, 3.8) is 0 Å². The first-order chi connectivity index (χ1) is 5.98. The number of alkyl halides is 4. The van der Waals surface area contributed by atoms with Gasteiger partial charge in [0.2, 0.25) is 0 Å². The van der Waals surface area contributed by atoms with Crippen molar-refractivity contribution in [3.8, 4) is 0 Å². The minimum absolute atomic E-state index is 0.527. The van der Waals surface area contributed by atoms with E-state index in [0.717, 1.165) is 0 Å². The standard InChI is InChI=1S/C5H8F4O4S/c1-3(2-10)4(6,7)5(8,9)14(11,12)13/h3,10H,2H2,1H3,(H,11,12,13). The summed E-state index contributed by atoms with van der Waals surface area (Å²) in [6, 6.07) is 0. The molecule has 0 aromatic carbocycles. The van der Waals surface area contributed by atoms with Crippen molar-refractivity contribution in [3.05, 3.63) is 0 Å². The molecule has 0 fully saturated rings. The summed E-state index contributed by atoms with van der Waals surface area (Å²) in [7, 11) is -6.21. The third-order valence-corrected chi connectivity index (χ3v) is 2.52. The molecule has 0 spiro atoms. The first kappa shape index (κ1) is 13.6. The second-order valence-electron chi connectivity index (χ2n) is 2.70. The molecular formula is C5H8F4O4S. The molecule has 0 rings (SSSR count). The maximum atomic E-state index is 12.6. The van der Waals surface area contributed by atoms with Gasteiger partial charge in [0, 0.05) is 0 Å². The molecule has 4 nitrogen and oxygen atoms in total. The molecular weight excluding hydrogens is 232 g/mol. The topological polar surface area (TPSA) is 74.6 Å². The molecule has 0 saturated heterocycles. The normalized spacial score (nSPS) is 16.8. The van der Waals surface area contributed by atoms with Gasteiger partial charge in [-0.3, -0.25) is 4.55 Å². The van der Waals surface area contributed by atoms with E-state index < -0.39 is 33.8 Å². The molecule has 0 saturated carbocycles. The van der Waals surface area contributed by atoms with E-state index >= 15 is 0 Å². The Labute approximate surface area is 77.3 Å². The molecule has 0 heterocycles. The molecule has 0 aliphatic heterocycles. The maximum absolute atomic E-state index is 12.6. The second kappa shape index (κ2) is 3.63. The molecule has 0 radical (unpaired) electrons. The van der Waals surface area contributed by atoms with Crippen molar-refractivity contribution >= 4 is 10.1 Å². The quantitative estimate of drug-likeness (QED) is 0.561. The highest BCUT2D eigenvalue weighted by molar-refractivity contribution is 7.87. The fourth-order valence-corrected chi connectivity index (χ4v) is 1.12. The number of aliphatic hydroxyl groups is 1. The fraction of sp³-hybridized carbons (Fsp3) is 1.00. The lowest BCUT2D eigenvalue weighted by atomic mass is 10.1. The Kier molecular flexibility index (Phi) is 3.52. The van der Waals surface area contributed by atoms with Gasteiger partial charge in [0.05, 0.1) is 12.5 Å². The van der Waals surface area contributed by atoms with Crippen LogP contribution in [0, 0.1) is 5.92 Å². The first-order valence-corrected chi connectivity index (χ1v) is 4.76. The predicted molar refractivity (Wildman–Crippen MR) is 37.7 cm³/mol. The predicted octanol–water partition coefficient (Wildman–Crippen LogP) is 0.731. The molecule has 0 aromatic heterocycles. The molecule has 14 heavy (non-hydrogen) atoms. The molecule has 1 unspecified atom stereocenters. The molecule has 86 valence electrons. The van der Waals surface area contributed by atoms with Crippen LogP contribution < -0.4 is 0 Å². The Morgan fingerprint density at radius 2 is 1.64 bits per heavy atom. The van der Waals surface area contributed by atoms with Crippen LogP contribution in [-0.4, -0.2) is 35.9 Å². The smallest absolute Gasteiger partial charge is 0.396 e. The minimum Gasteiger partial charge on any atom is -0.396 e. The average Bonchev–Trinajstić information content (AvgIpc) is 2.00. The molecule has 2 N–H and O–H groups in total. The van der Waals surface area contributed by atoms with Crippen molar-refractivity contribution in [2.24, 2.45) is 5.92 Å². The van der Waals surface area contributed by atoms with Crippen LogP contribution in [0.1, 0.15) is 6.92 Å². The lowest BCUT2D eigenvalue weighted by molar-refractivity contribution is -0.195. The molecule has 0 bridgehead atoms. The summed E-state index contributed by atoms with van der Waals surface area (Å²) in [6.07, 6.45) is 0. The van der Waals surface area contributed by atoms with Crippen LogP contribution in [0.3, 0.4) is 0 Å². The highest BCUT2D eigenvalue weighted by Crippen LogP contribution is 2.43. The van der Waals surface area contributed by atoms with Crippen LogP contribution in [0.25, 0.3) is 0 Å². The van der Waals surface area contributed by atoms with E-state index in [1.807, 2.05) is 0 Å². The van der Waals surface area contributed by atoms with Gasteiger partial charge >= 0.3 is 21.3 Å². The average molecular weight is 240 g/mol. The van der Waals surface area contributed by atoms with Gasteiger partial charge in [0.15, 0.2) is 0 Å². The van der Waals surface area contributed by atoms with Crippen LogP contribution in [0.4, 0.5) is 17.6 Å². The number of halogens is 4. The van der Waals surface area contributed by atoms with Crippen LogP contribution >= 0.6 is 0 Å². The van der Waals surface area contributed by atoms with Crippen molar-refractivity contribution in [1.82, 2.24) is 0 Å². The molecule has 0 amide bonds. The highest BCUT2D eigenvalue weighted by atomic mass is 32.2. The monoisotopic (exact) mass is 240 g/mol. The fourth-order valence-electron chi connectivity index (χ4n) is 0.573. The zero-order chi connectivity index (χ0) is 11.8. The Balaban J connectivity index is 5.29. The maximum Gasteiger partial charge on any atom is 0.431 e. The van der Waals surface area contributed by atoms with Gasteiger partial charge in [0.25, 0.3) is 0 Å². The third kappa shape index (κ3) is 1.98. The van der Waals surface area contributed by atoms with Crippen molar-refractivity contribution in [2.45, 2.75) is 18.1 Å². The van der Waals surface area contributed by atoms with Gasteiger partial charge in [-0.1, -0.05) is 6.92 Å². The summed E-state index contributed by atoms with van der Waals surface area (Å²) in [5.74, 6) is -7.32. The molecule has 9 heteroatoms. The summed E-state index contributed by atoms with van der Waals surface area (Å²) < 4.78 is 78.0. The summed E-state index contributed by atoms with van der Waals surface area (Å²) in [4.78, 5) is 0. The van der Waals surface area contributed by atoms with E-state index in [1.165, 1.54) is 0 Å². The van der Waals surface area contributed by atoms with Gasteiger partial charge in [0.1, 0.15) is 0 Å². The number of rotatable bonds is 4. The second-order valence-corrected chi connectivity index (χ2v) is 4.16. The largest absolute Gasteiger partial charge is 0.431 e. The summed E-state index contributed by atoms with van der Waals surface area (Å²) in [5, 5.41) is 2.60. The van der Waals surface area contributed by atoms with Gasteiger partial charge in [-0.15, -0.1) is 0 Å². The van der Waals surface area contributed by atoms with E-state index in [1.54, 1.807) is 0 Å². The van der Waals surface area contributed by atoms with Gasteiger partial charge in [-0.05, 0) is 0 Å². The van der Waals surface area contributed by atoms with Crippen molar-refractivity contribution in [1.29, 1.82) is 0 Å². The number of hydrogen-bond acceptors (Lipinski definition) is 3.